The minimum Gasteiger partial charge on any atom is -0.484 e. The maximum atomic E-state index is 13.7. The Morgan fingerprint density at radius 2 is 1.61 bits per heavy atom. The van der Waals surface area contributed by atoms with Gasteiger partial charge in [-0.2, -0.15) is 0 Å². The van der Waals surface area contributed by atoms with Crippen molar-refractivity contribution in [2.45, 2.75) is 59.2 Å². The molecule has 0 heterocycles. The Morgan fingerprint density at radius 3 is 2.25 bits per heavy atom. The van der Waals surface area contributed by atoms with Gasteiger partial charge in [0.1, 0.15) is 11.8 Å². The molecule has 0 aliphatic rings. The summed E-state index contributed by atoms with van der Waals surface area (Å²) in [4.78, 5) is 28.8. The summed E-state index contributed by atoms with van der Waals surface area (Å²) in [5.74, 6) is 0.150. The fourth-order valence-electron chi connectivity index (χ4n) is 4.05. The molecular weight excluding hydrogens is 472 g/mol. The van der Waals surface area contributed by atoms with Gasteiger partial charge in [-0.3, -0.25) is 9.59 Å². The standard InChI is InChI=1S/C30H35ClN2O3/c1-5-23(4)32-30(35)28(18-24-11-7-6-8-12-24)33(19-25-13-9-10-14-27(25)31)29(34)20-36-26-16-21(2)15-22(3)17-26/h6-17,23,28H,5,18-20H2,1-4H3,(H,32,35). The summed E-state index contributed by atoms with van der Waals surface area (Å²) < 4.78 is 5.90. The first kappa shape index (κ1) is 27.3. The van der Waals surface area contributed by atoms with E-state index in [0.29, 0.717) is 17.2 Å². The fraction of sp³-hybridized carbons (Fsp3) is 0.333. The van der Waals surface area contributed by atoms with Crippen LogP contribution in [0.25, 0.3) is 0 Å². The largest absolute Gasteiger partial charge is 0.484 e. The minimum absolute atomic E-state index is 0.0143. The zero-order chi connectivity index (χ0) is 26.1. The van der Waals surface area contributed by atoms with Crippen molar-refractivity contribution >= 4 is 23.4 Å². The van der Waals surface area contributed by atoms with Gasteiger partial charge in [0, 0.05) is 24.0 Å². The van der Waals surface area contributed by atoms with Crippen LogP contribution >= 0.6 is 11.6 Å². The predicted molar refractivity (Wildman–Crippen MR) is 145 cm³/mol. The normalized spacial score (nSPS) is 12.5. The molecule has 36 heavy (non-hydrogen) atoms. The Hall–Kier alpha value is -3.31. The van der Waals surface area contributed by atoms with Crippen LogP contribution in [0.15, 0.2) is 72.8 Å². The highest BCUT2D eigenvalue weighted by Gasteiger charge is 2.31. The van der Waals surface area contributed by atoms with Crippen molar-refractivity contribution in [2.24, 2.45) is 0 Å². The first-order valence-corrected chi connectivity index (χ1v) is 12.7. The third-order valence-corrected chi connectivity index (χ3v) is 6.50. The predicted octanol–water partition coefficient (Wildman–Crippen LogP) is 5.89. The van der Waals surface area contributed by atoms with Gasteiger partial charge in [0.25, 0.3) is 5.91 Å². The molecule has 0 aromatic heterocycles. The number of carbonyl (C=O) groups is 2. The molecule has 0 saturated carbocycles. The Kier molecular flexibility index (Phi) is 9.95. The Labute approximate surface area is 219 Å². The van der Waals surface area contributed by atoms with Gasteiger partial charge in [-0.25, -0.2) is 0 Å². The average molecular weight is 507 g/mol. The number of amides is 2. The first-order chi connectivity index (χ1) is 17.3. The maximum Gasteiger partial charge on any atom is 0.261 e. The van der Waals surface area contributed by atoms with Crippen molar-refractivity contribution in [1.82, 2.24) is 10.2 Å². The van der Waals surface area contributed by atoms with Crippen LogP contribution in [0.4, 0.5) is 0 Å². The van der Waals surface area contributed by atoms with Crippen LogP contribution in [0.2, 0.25) is 5.02 Å². The number of nitrogens with one attached hydrogen (secondary N) is 1. The van der Waals surface area contributed by atoms with E-state index in [1.807, 2.05) is 94.4 Å². The molecule has 1 N–H and O–H groups in total. The highest BCUT2D eigenvalue weighted by atomic mass is 35.5. The van der Waals surface area contributed by atoms with Gasteiger partial charge < -0.3 is 15.0 Å². The topological polar surface area (TPSA) is 58.6 Å². The van der Waals surface area contributed by atoms with E-state index in [1.54, 1.807) is 11.0 Å². The van der Waals surface area contributed by atoms with Crippen molar-refractivity contribution < 1.29 is 14.3 Å². The van der Waals surface area contributed by atoms with Crippen molar-refractivity contribution in [1.29, 1.82) is 0 Å². The highest BCUT2D eigenvalue weighted by Crippen LogP contribution is 2.22. The molecule has 0 aliphatic heterocycles. The Morgan fingerprint density at radius 1 is 0.972 bits per heavy atom. The van der Waals surface area contributed by atoms with Gasteiger partial charge in [-0.15, -0.1) is 0 Å². The van der Waals surface area contributed by atoms with Crippen molar-refractivity contribution in [3.05, 3.63) is 100 Å². The molecule has 2 unspecified atom stereocenters. The smallest absolute Gasteiger partial charge is 0.261 e. The van der Waals surface area contributed by atoms with Gasteiger partial charge in [0.15, 0.2) is 6.61 Å². The minimum atomic E-state index is -0.729. The van der Waals surface area contributed by atoms with Crippen LogP contribution in [-0.4, -0.2) is 35.4 Å². The van der Waals surface area contributed by atoms with Crippen molar-refractivity contribution in [3.63, 3.8) is 0 Å². The van der Waals surface area contributed by atoms with E-state index in [-0.39, 0.29) is 31.0 Å². The van der Waals surface area contributed by atoms with E-state index in [0.717, 1.165) is 28.7 Å². The molecule has 0 saturated heterocycles. The van der Waals surface area contributed by atoms with E-state index in [1.165, 1.54) is 0 Å². The van der Waals surface area contributed by atoms with Crippen LogP contribution < -0.4 is 10.1 Å². The summed E-state index contributed by atoms with van der Waals surface area (Å²) in [5, 5.41) is 3.62. The molecule has 0 radical (unpaired) electrons. The highest BCUT2D eigenvalue weighted by molar-refractivity contribution is 6.31. The Balaban J connectivity index is 1.93. The summed E-state index contributed by atoms with van der Waals surface area (Å²) in [6.45, 7) is 7.96. The maximum absolute atomic E-state index is 13.7. The molecule has 3 aromatic rings. The lowest BCUT2D eigenvalue weighted by atomic mass is 10.0. The number of aryl methyl sites for hydroxylation is 2. The molecule has 6 heteroatoms. The molecule has 3 rings (SSSR count). The summed E-state index contributed by atoms with van der Waals surface area (Å²) in [7, 11) is 0. The lowest BCUT2D eigenvalue weighted by molar-refractivity contribution is -0.143. The molecule has 0 bridgehead atoms. The van der Waals surface area contributed by atoms with Gasteiger partial charge >= 0.3 is 0 Å². The number of benzene rings is 3. The second-order valence-corrected chi connectivity index (χ2v) is 9.66. The van der Waals surface area contributed by atoms with E-state index >= 15 is 0 Å². The summed E-state index contributed by atoms with van der Waals surface area (Å²) in [5.41, 5.74) is 3.85. The van der Waals surface area contributed by atoms with Gasteiger partial charge in [0.2, 0.25) is 5.91 Å². The molecule has 5 nitrogen and oxygen atoms in total. The second-order valence-electron chi connectivity index (χ2n) is 9.25. The van der Waals surface area contributed by atoms with Crippen LogP contribution in [0.1, 0.15) is 42.5 Å². The third-order valence-electron chi connectivity index (χ3n) is 6.13. The lowest BCUT2D eigenvalue weighted by Gasteiger charge is -2.32. The molecule has 190 valence electrons. The van der Waals surface area contributed by atoms with E-state index < -0.39 is 6.04 Å². The molecule has 3 aromatic carbocycles. The van der Waals surface area contributed by atoms with Crippen LogP contribution in [-0.2, 0) is 22.6 Å². The Bertz CT molecular complexity index is 1150. The van der Waals surface area contributed by atoms with Gasteiger partial charge in [-0.1, -0.05) is 73.1 Å². The lowest BCUT2D eigenvalue weighted by Crippen LogP contribution is -2.53. The molecule has 0 aliphatic carbocycles. The summed E-state index contributed by atoms with van der Waals surface area (Å²) in [6.07, 6.45) is 1.17. The number of ether oxygens (including phenoxy) is 1. The molecule has 2 amide bonds. The van der Waals surface area contributed by atoms with Gasteiger partial charge in [0.05, 0.1) is 0 Å². The summed E-state index contributed by atoms with van der Waals surface area (Å²) >= 11 is 6.46. The second kappa shape index (κ2) is 13.1. The fourth-order valence-corrected chi connectivity index (χ4v) is 4.24. The van der Waals surface area contributed by atoms with E-state index in [2.05, 4.69) is 5.32 Å². The molecular formula is C30H35ClN2O3. The van der Waals surface area contributed by atoms with Crippen LogP contribution in [0.5, 0.6) is 5.75 Å². The quantitative estimate of drug-likeness (QED) is 0.352. The number of rotatable bonds is 11. The monoisotopic (exact) mass is 506 g/mol. The van der Waals surface area contributed by atoms with Crippen molar-refractivity contribution in [2.75, 3.05) is 6.61 Å². The van der Waals surface area contributed by atoms with Crippen molar-refractivity contribution in [3.8, 4) is 5.75 Å². The van der Waals surface area contributed by atoms with Gasteiger partial charge in [-0.05, 0) is 67.6 Å². The SMILES string of the molecule is CCC(C)NC(=O)C(Cc1ccccc1)N(Cc1ccccc1Cl)C(=O)COc1cc(C)cc(C)c1. The number of hydrogen-bond acceptors (Lipinski definition) is 3. The number of halogens is 1. The zero-order valence-electron chi connectivity index (χ0n) is 21.5. The third kappa shape index (κ3) is 7.85. The van der Waals surface area contributed by atoms with E-state index in [9.17, 15) is 9.59 Å². The number of carbonyl (C=O) groups excluding carboxylic acids is 2. The number of hydrogen-bond donors (Lipinski definition) is 1. The van der Waals surface area contributed by atoms with E-state index in [4.69, 9.17) is 16.3 Å². The summed E-state index contributed by atoms with van der Waals surface area (Å²) in [6, 6.07) is 22.2. The molecule has 0 spiro atoms. The molecule has 0 fully saturated rings. The number of nitrogens with zero attached hydrogens (tertiary/aromatic N) is 1. The van der Waals surface area contributed by atoms with Crippen LogP contribution in [0.3, 0.4) is 0 Å². The first-order valence-electron chi connectivity index (χ1n) is 12.3. The molecule has 2 atom stereocenters. The van der Waals surface area contributed by atoms with Crippen LogP contribution in [0, 0.1) is 13.8 Å². The average Bonchev–Trinajstić information content (AvgIpc) is 2.85. The zero-order valence-corrected chi connectivity index (χ0v) is 22.2.